The van der Waals surface area contributed by atoms with Crippen LogP contribution in [0.15, 0.2) is 60.8 Å². The summed E-state index contributed by atoms with van der Waals surface area (Å²) in [5.74, 6) is 1.88. The van der Waals surface area contributed by atoms with Crippen molar-refractivity contribution < 1.29 is 28.7 Å². The summed E-state index contributed by atoms with van der Waals surface area (Å²) < 4.78 is 9.77. The molecule has 4 heterocycles. The van der Waals surface area contributed by atoms with Gasteiger partial charge in [-0.2, -0.15) is 0 Å². The number of amides is 4. The Morgan fingerprint density at radius 1 is 0.681 bits per heavy atom. The van der Waals surface area contributed by atoms with Crippen molar-refractivity contribution in [3.63, 3.8) is 0 Å². The van der Waals surface area contributed by atoms with Crippen molar-refractivity contribution in [2.45, 2.75) is 146 Å². The topological polar surface area (TPSA) is 175 Å². The number of aromatic amines is 2. The van der Waals surface area contributed by atoms with Crippen LogP contribution >= 0.6 is 0 Å². The number of benzene rings is 3. The van der Waals surface area contributed by atoms with E-state index in [4.69, 9.17) is 19.4 Å². The average Bonchev–Trinajstić information content (AvgIpc) is 4.23. The van der Waals surface area contributed by atoms with Crippen LogP contribution < -0.4 is 10.6 Å². The molecule has 4 bridgehead atoms. The Hall–Kier alpha value is -6.18. The number of carbonyl (C=O) groups is 4. The number of likely N-dealkylation sites (tertiary alicyclic amines) is 2. The van der Waals surface area contributed by atoms with Gasteiger partial charge in [0.05, 0.1) is 49.2 Å². The molecule has 11 rings (SSSR count). The fraction of sp³-hybridized carbons (Fsp3) is 0.527. The zero-order valence-corrected chi connectivity index (χ0v) is 40.8. The van der Waals surface area contributed by atoms with Gasteiger partial charge in [-0.25, -0.2) is 19.6 Å². The van der Waals surface area contributed by atoms with E-state index in [-0.39, 0.29) is 53.2 Å². The van der Waals surface area contributed by atoms with Crippen molar-refractivity contribution in [3.8, 4) is 33.5 Å². The SMILES string of the molecule is COC(=O)NC(C(=O)N1C2CCC(C2)C1c1ncc(-c2ccc(-c3ccc(-c4ccc5nc(C6C7CCC(C7)N6C(=O)C(NC(=O)OC)C(C)C)[nH]c5c4)c4c3C3(CCCC3)CC4)cc2)[nH]1)C(C)C. The van der Waals surface area contributed by atoms with Crippen LogP contribution in [0.1, 0.15) is 133 Å². The van der Waals surface area contributed by atoms with Crippen LogP contribution in [0.2, 0.25) is 0 Å². The van der Waals surface area contributed by atoms with Crippen LogP contribution in [0.4, 0.5) is 9.59 Å². The van der Waals surface area contributed by atoms with Crippen molar-refractivity contribution in [1.29, 1.82) is 0 Å². The van der Waals surface area contributed by atoms with E-state index >= 15 is 0 Å². The van der Waals surface area contributed by atoms with Crippen molar-refractivity contribution >= 4 is 35.0 Å². The molecular weight excluding hydrogens is 869 g/mol. The van der Waals surface area contributed by atoms with Gasteiger partial charge in [-0.1, -0.05) is 83.0 Å². The Morgan fingerprint density at radius 2 is 1.25 bits per heavy atom. The highest BCUT2D eigenvalue weighted by molar-refractivity contribution is 5.89. The molecule has 4 N–H and O–H groups in total. The van der Waals surface area contributed by atoms with Crippen LogP contribution in [0.3, 0.4) is 0 Å². The summed E-state index contributed by atoms with van der Waals surface area (Å²) in [5, 5.41) is 5.60. The number of methoxy groups -OCH3 is 2. The molecule has 14 nitrogen and oxygen atoms in total. The number of hydrogen-bond donors (Lipinski definition) is 4. The lowest BCUT2D eigenvalue weighted by Crippen LogP contribution is -2.54. The number of rotatable bonds is 11. The van der Waals surface area contributed by atoms with E-state index in [2.05, 4.69) is 75.2 Å². The molecule has 2 aromatic heterocycles. The summed E-state index contributed by atoms with van der Waals surface area (Å²) in [6.45, 7) is 7.80. The maximum absolute atomic E-state index is 14.2. The van der Waals surface area contributed by atoms with Crippen LogP contribution in [0.25, 0.3) is 44.5 Å². The summed E-state index contributed by atoms with van der Waals surface area (Å²) in [6.07, 6.45) is 13.7. The molecule has 2 aliphatic heterocycles. The van der Waals surface area contributed by atoms with Gasteiger partial charge in [0.15, 0.2) is 0 Å². The third-order valence-electron chi connectivity index (χ3n) is 17.2. The van der Waals surface area contributed by atoms with Crippen molar-refractivity contribution in [2.24, 2.45) is 23.7 Å². The number of aromatic nitrogens is 4. The minimum absolute atomic E-state index is 0.0735. The number of piperidine rings is 2. The molecule has 5 aromatic rings. The molecular formula is C55H66N8O6. The first-order valence-corrected chi connectivity index (χ1v) is 25.5. The predicted octanol–water partition coefficient (Wildman–Crippen LogP) is 9.91. The average molecular weight is 935 g/mol. The van der Waals surface area contributed by atoms with Gasteiger partial charge < -0.3 is 39.9 Å². The van der Waals surface area contributed by atoms with Crippen molar-refractivity contribution in [2.75, 3.05) is 14.2 Å². The number of H-pyrrole nitrogens is 2. The fourth-order valence-electron chi connectivity index (χ4n) is 13.9. The van der Waals surface area contributed by atoms with E-state index in [1.807, 2.05) is 43.7 Å². The Kier molecular flexibility index (Phi) is 11.6. The predicted molar refractivity (Wildman–Crippen MR) is 263 cm³/mol. The number of carbonyl (C=O) groups excluding carboxylic acids is 4. The van der Waals surface area contributed by atoms with Crippen molar-refractivity contribution in [3.05, 3.63) is 83.6 Å². The first-order valence-electron chi connectivity index (χ1n) is 25.5. The Bertz CT molecular complexity index is 2810. The molecule has 4 amide bonds. The maximum Gasteiger partial charge on any atom is 0.407 e. The first-order chi connectivity index (χ1) is 33.4. The number of nitrogens with zero attached hydrogens (tertiary/aromatic N) is 4. The minimum Gasteiger partial charge on any atom is -0.453 e. The highest BCUT2D eigenvalue weighted by Crippen LogP contribution is 2.56. The second-order valence-corrected chi connectivity index (χ2v) is 21.7. The molecule has 3 aromatic carbocycles. The number of ether oxygens (including phenoxy) is 2. The molecule has 6 aliphatic rings. The van der Waals surface area contributed by atoms with Crippen LogP contribution in [-0.2, 0) is 30.9 Å². The lowest BCUT2D eigenvalue weighted by atomic mass is 9.76. The molecule has 3 saturated carbocycles. The minimum atomic E-state index is -0.683. The Balaban J connectivity index is 0.872. The molecule has 362 valence electrons. The lowest BCUT2D eigenvalue weighted by molar-refractivity contribution is -0.140. The molecule has 0 radical (unpaired) electrons. The van der Waals surface area contributed by atoms with E-state index in [1.165, 1.54) is 73.3 Å². The second-order valence-electron chi connectivity index (χ2n) is 21.7. The number of imidazole rings is 2. The van der Waals surface area contributed by atoms with E-state index in [0.717, 1.165) is 85.3 Å². The highest BCUT2D eigenvalue weighted by atomic mass is 16.5. The smallest absolute Gasteiger partial charge is 0.407 e. The summed E-state index contributed by atoms with van der Waals surface area (Å²) in [5.41, 5.74) is 11.9. The number of hydrogen-bond acceptors (Lipinski definition) is 8. The summed E-state index contributed by atoms with van der Waals surface area (Å²) in [6, 6.07) is 18.7. The third kappa shape index (κ3) is 7.67. The normalized spacial score (nSPS) is 25.0. The molecule has 5 fully saturated rings. The van der Waals surface area contributed by atoms with Gasteiger partial charge >= 0.3 is 12.2 Å². The lowest BCUT2D eigenvalue weighted by Gasteiger charge is -2.37. The van der Waals surface area contributed by atoms with Gasteiger partial charge in [0, 0.05) is 12.1 Å². The van der Waals surface area contributed by atoms with E-state index in [0.29, 0.717) is 11.8 Å². The van der Waals surface area contributed by atoms with Crippen LogP contribution in [0, 0.1) is 23.7 Å². The van der Waals surface area contributed by atoms with E-state index in [1.54, 1.807) is 0 Å². The zero-order valence-electron chi connectivity index (χ0n) is 40.8. The number of alkyl carbamates (subject to hydrolysis) is 2. The molecule has 2 saturated heterocycles. The van der Waals surface area contributed by atoms with Gasteiger partial charge in [-0.15, -0.1) is 0 Å². The molecule has 4 aliphatic carbocycles. The van der Waals surface area contributed by atoms with Gasteiger partial charge in [-0.05, 0) is 144 Å². The number of fused-ring (bicyclic) bond motifs is 7. The van der Waals surface area contributed by atoms with E-state index < -0.39 is 24.3 Å². The quantitative estimate of drug-likeness (QED) is 0.101. The largest absolute Gasteiger partial charge is 0.453 e. The van der Waals surface area contributed by atoms with Gasteiger partial charge in [0.25, 0.3) is 0 Å². The van der Waals surface area contributed by atoms with Gasteiger partial charge in [0.2, 0.25) is 11.8 Å². The maximum atomic E-state index is 14.2. The molecule has 14 heteroatoms. The second kappa shape index (κ2) is 17.7. The molecule has 69 heavy (non-hydrogen) atoms. The zero-order chi connectivity index (χ0) is 47.9. The third-order valence-corrected chi connectivity index (χ3v) is 17.2. The molecule has 8 atom stereocenters. The molecule has 1 spiro atoms. The fourth-order valence-corrected chi connectivity index (χ4v) is 13.9. The van der Waals surface area contributed by atoms with Crippen LogP contribution in [-0.4, -0.2) is 92.1 Å². The summed E-state index contributed by atoms with van der Waals surface area (Å²) in [4.78, 5) is 74.3. The summed E-state index contributed by atoms with van der Waals surface area (Å²) in [7, 11) is 2.65. The van der Waals surface area contributed by atoms with Crippen molar-refractivity contribution in [1.82, 2.24) is 40.4 Å². The van der Waals surface area contributed by atoms with Gasteiger partial charge in [-0.3, -0.25) is 9.59 Å². The Morgan fingerprint density at radius 3 is 1.84 bits per heavy atom. The summed E-state index contributed by atoms with van der Waals surface area (Å²) >= 11 is 0. The van der Waals surface area contributed by atoms with E-state index in [9.17, 15) is 19.2 Å². The molecule has 8 unspecified atom stereocenters. The number of nitrogens with one attached hydrogen (secondary N) is 4. The first kappa shape index (κ1) is 45.3. The Labute approximate surface area is 404 Å². The van der Waals surface area contributed by atoms with Gasteiger partial charge in [0.1, 0.15) is 23.7 Å². The van der Waals surface area contributed by atoms with Crippen LogP contribution in [0.5, 0.6) is 0 Å². The monoisotopic (exact) mass is 935 g/mol. The highest BCUT2D eigenvalue weighted by Gasteiger charge is 2.53. The standard InChI is InChI=1S/C55H66N8O6/c1-29(2)45(60-53(66)68-5)51(64)62-36-16-13-34(25-36)47(62)49-56-28-43(59-49)32-11-9-31(10-12-32)39-19-18-38(40-21-24-55(44(39)40)22-7-8-23-55)33-15-20-41-42(27-33)58-50(57-41)48-35-14-17-37(26-35)63(48)52(65)46(30(3)4)61-54(67)69-6/h9-12,15,18-20,27-30,34-37,45-48H,7-8,13-14,16-17,21-26H2,1-6H3,(H,56,59)(H,57,58)(H,60,66)(H,61,67).